The van der Waals surface area contributed by atoms with E-state index >= 15 is 0 Å². The Balaban J connectivity index is 1.34. The fourth-order valence-corrected chi connectivity index (χ4v) is 6.60. The smallest absolute Gasteiger partial charge is 0.234 e. The van der Waals surface area contributed by atoms with Crippen molar-refractivity contribution in [2.24, 2.45) is 16.8 Å². The van der Waals surface area contributed by atoms with Crippen LogP contribution in [0.25, 0.3) is 0 Å². The number of amides is 1. The van der Waals surface area contributed by atoms with E-state index in [1.165, 1.54) is 31.7 Å². The van der Waals surface area contributed by atoms with Crippen molar-refractivity contribution in [3.05, 3.63) is 35.1 Å². The summed E-state index contributed by atoms with van der Waals surface area (Å²) in [6, 6.07) is 5.71. The van der Waals surface area contributed by atoms with Gasteiger partial charge in [0, 0.05) is 19.1 Å². The molecule has 5 rings (SSSR count). The van der Waals surface area contributed by atoms with Crippen molar-refractivity contribution in [1.82, 2.24) is 15.1 Å². The van der Waals surface area contributed by atoms with Gasteiger partial charge in [-0.3, -0.25) is 9.79 Å². The van der Waals surface area contributed by atoms with Crippen molar-refractivity contribution in [3.8, 4) is 0 Å². The standard InChI is InChI=1S/C26H37FN4O/c1-18(2)19-3-6-22(7-4-19)30-13-9-26(10-14-30)23-8-5-21(27)15-20(23)16-31(25(26)32)17-24-28-11-12-29-24/h5,8,15,18-19,22H,3-4,6-7,9-14,16-17H2,1-2H3,(H,28,29)/t19-,22+. The molecule has 1 N–H and O–H groups in total. The largest absolute Gasteiger partial charge is 0.370 e. The molecule has 0 aromatic heterocycles. The van der Waals surface area contributed by atoms with Crippen LogP contribution in [0.4, 0.5) is 4.39 Å². The van der Waals surface area contributed by atoms with E-state index in [1.807, 2.05) is 11.0 Å². The number of hydrogen-bond donors (Lipinski definition) is 1. The molecule has 6 heteroatoms. The number of aliphatic imine (C=N–C) groups is 1. The van der Waals surface area contributed by atoms with Gasteiger partial charge in [-0.1, -0.05) is 19.9 Å². The number of hydrogen-bond acceptors (Lipinski definition) is 4. The molecule has 1 saturated carbocycles. The molecule has 3 aliphatic heterocycles. The fraction of sp³-hybridized carbons (Fsp3) is 0.692. The number of fused-ring (bicyclic) bond motifs is 2. The van der Waals surface area contributed by atoms with Crippen LogP contribution in [0.5, 0.6) is 0 Å². The zero-order valence-electron chi connectivity index (χ0n) is 19.6. The van der Waals surface area contributed by atoms with Crippen LogP contribution in [0.1, 0.15) is 63.5 Å². The lowest BCUT2D eigenvalue weighted by Crippen LogP contribution is -2.58. The molecular formula is C26H37FN4O. The van der Waals surface area contributed by atoms with Crippen LogP contribution in [0.3, 0.4) is 0 Å². The van der Waals surface area contributed by atoms with Gasteiger partial charge in [0.15, 0.2) is 0 Å². The molecule has 0 atom stereocenters. The first-order valence-electron chi connectivity index (χ1n) is 12.6. The summed E-state index contributed by atoms with van der Waals surface area (Å²) in [5.74, 6) is 2.51. The van der Waals surface area contributed by atoms with Crippen LogP contribution < -0.4 is 5.32 Å². The van der Waals surface area contributed by atoms with Gasteiger partial charge in [-0.25, -0.2) is 4.39 Å². The number of halogens is 1. The molecule has 1 aromatic rings. The van der Waals surface area contributed by atoms with Gasteiger partial charge in [-0.05, 0) is 86.7 Å². The zero-order valence-corrected chi connectivity index (χ0v) is 19.6. The Morgan fingerprint density at radius 3 is 2.59 bits per heavy atom. The summed E-state index contributed by atoms with van der Waals surface area (Å²) in [5.41, 5.74) is 1.50. The first-order chi connectivity index (χ1) is 15.5. The van der Waals surface area contributed by atoms with Gasteiger partial charge in [0.1, 0.15) is 11.7 Å². The summed E-state index contributed by atoms with van der Waals surface area (Å²) in [5, 5.41) is 3.29. The Kier molecular flexibility index (Phi) is 5.99. The van der Waals surface area contributed by atoms with Crippen LogP contribution in [0, 0.1) is 17.7 Å². The molecule has 0 unspecified atom stereocenters. The third kappa shape index (κ3) is 3.95. The van der Waals surface area contributed by atoms with Gasteiger partial charge in [0.25, 0.3) is 0 Å². The molecule has 174 valence electrons. The van der Waals surface area contributed by atoms with E-state index in [-0.39, 0.29) is 11.7 Å². The quantitative estimate of drug-likeness (QED) is 0.776. The Hall–Kier alpha value is -1.95. The van der Waals surface area contributed by atoms with Crippen molar-refractivity contribution in [2.45, 2.75) is 70.4 Å². The highest BCUT2D eigenvalue weighted by Crippen LogP contribution is 2.44. The van der Waals surface area contributed by atoms with Crippen molar-refractivity contribution >= 4 is 11.7 Å². The van der Waals surface area contributed by atoms with Crippen LogP contribution >= 0.6 is 0 Å². The van der Waals surface area contributed by atoms with E-state index in [2.05, 4.69) is 29.1 Å². The second-order valence-electron chi connectivity index (χ2n) is 10.6. The minimum absolute atomic E-state index is 0.205. The van der Waals surface area contributed by atoms with Gasteiger partial charge in [0.2, 0.25) is 5.91 Å². The lowest BCUT2D eigenvalue weighted by Gasteiger charge is -2.49. The van der Waals surface area contributed by atoms with Gasteiger partial charge < -0.3 is 15.1 Å². The average molecular weight is 441 g/mol. The second-order valence-corrected chi connectivity index (χ2v) is 10.6. The maximum atomic E-state index is 14.1. The molecular weight excluding hydrogens is 403 g/mol. The van der Waals surface area contributed by atoms with Crippen molar-refractivity contribution < 1.29 is 9.18 Å². The predicted molar refractivity (Wildman–Crippen MR) is 125 cm³/mol. The number of nitrogens with one attached hydrogen (secondary N) is 1. The first kappa shape index (κ1) is 21.9. The van der Waals surface area contributed by atoms with E-state index in [0.29, 0.717) is 19.1 Å². The van der Waals surface area contributed by atoms with Gasteiger partial charge >= 0.3 is 0 Å². The number of carbonyl (C=O) groups excluding carboxylic acids is 1. The number of carbonyl (C=O) groups is 1. The van der Waals surface area contributed by atoms with Crippen molar-refractivity contribution in [1.29, 1.82) is 0 Å². The number of piperidine rings is 1. The molecule has 0 bridgehead atoms. The maximum Gasteiger partial charge on any atom is 0.234 e. The molecule has 1 aliphatic carbocycles. The van der Waals surface area contributed by atoms with E-state index in [0.717, 1.165) is 67.8 Å². The topological polar surface area (TPSA) is 47.9 Å². The van der Waals surface area contributed by atoms with Crippen LogP contribution in [-0.2, 0) is 16.8 Å². The molecule has 0 radical (unpaired) electrons. The van der Waals surface area contributed by atoms with E-state index < -0.39 is 5.41 Å². The Morgan fingerprint density at radius 2 is 1.94 bits per heavy atom. The highest BCUT2D eigenvalue weighted by molar-refractivity contribution is 5.95. The number of likely N-dealkylation sites (tertiary alicyclic amines) is 1. The summed E-state index contributed by atoms with van der Waals surface area (Å²) in [6.07, 6.45) is 6.87. The molecule has 2 fully saturated rings. The molecule has 32 heavy (non-hydrogen) atoms. The van der Waals surface area contributed by atoms with E-state index in [9.17, 15) is 9.18 Å². The Bertz CT molecular complexity index is 882. The van der Waals surface area contributed by atoms with E-state index in [4.69, 9.17) is 0 Å². The first-order valence-corrected chi connectivity index (χ1v) is 12.6. The van der Waals surface area contributed by atoms with Crippen molar-refractivity contribution in [3.63, 3.8) is 0 Å². The zero-order chi connectivity index (χ0) is 22.3. The predicted octanol–water partition coefficient (Wildman–Crippen LogP) is 3.72. The highest BCUT2D eigenvalue weighted by atomic mass is 19.1. The minimum atomic E-state index is -0.522. The molecule has 5 nitrogen and oxygen atoms in total. The summed E-state index contributed by atoms with van der Waals surface area (Å²) in [4.78, 5) is 22.9. The Labute approximate surface area is 191 Å². The maximum absolute atomic E-state index is 14.1. The van der Waals surface area contributed by atoms with Crippen molar-refractivity contribution in [2.75, 3.05) is 32.7 Å². The minimum Gasteiger partial charge on any atom is -0.370 e. The third-order valence-corrected chi connectivity index (χ3v) is 8.58. The lowest BCUT2D eigenvalue weighted by atomic mass is 9.67. The fourth-order valence-electron chi connectivity index (χ4n) is 6.60. The third-order valence-electron chi connectivity index (χ3n) is 8.58. The van der Waals surface area contributed by atoms with Crippen LogP contribution in [-0.4, -0.2) is 60.3 Å². The van der Waals surface area contributed by atoms with Gasteiger partial charge in [-0.15, -0.1) is 0 Å². The van der Waals surface area contributed by atoms with E-state index in [1.54, 1.807) is 6.07 Å². The van der Waals surface area contributed by atoms with Crippen LogP contribution in [0.15, 0.2) is 23.2 Å². The van der Waals surface area contributed by atoms with Crippen LogP contribution in [0.2, 0.25) is 0 Å². The Morgan fingerprint density at radius 1 is 1.19 bits per heavy atom. The number of rotatable bonds is 4. The normalized spacial score (nSPS) is 28.1. The SMILES string of the molecule is CC(C)[C@H]1CC[C@@H](N2CCC3(CC2)C(=O)N(CC2=NCCN2)Cc2cc(F)ccc23)CC1. The summed E-state index contributed by atoms with van der Waals surface area (Å²) in [7, 11) is 0. The molecule has 1 amide bonds. The monoisotopic (exact) mass is 440 g/mol. The number of amidine groups is 1. The molecule has 3 heterocycles. The number of nitrogens with zero attached hydrogens (tertiary/aromatic N) is 3. The molecule has 1 saturated heterocycles. The van der Waals surface area contributed by atoms with Gasteiger partial charge in [0.05, 0.1) is 18.5 Å². The molecule has 4 aliphatic rings. The highest BCUT2D eigenvalue weighted by Gasteiger charge is 2.49. The lowest BCUT2D eigenvalue weighted by molar-refractivity contribution is -0.141. The summed E-state index contributed by atoms with van der Waals surface area (Å²) in [6.45, 7) is 9.17. The molecule has 1 aromatic carbocycles. The average Bonchev–Trinajstić information content (AvgIpc) is 3.31. The summed E-state index contributed by atoms with van der Waals surface area (Å²) < 4.78 is 14.1. The number of benzene rings is 1. The van der Waals surface area contributed by atoms with Gasteiger partial charge in [-0.2, -0.15) is 0 Å². The second kappa shape index (κ2) is 8.77. The summed E-state index contributed by atoms with van der Waals surface area (Å²) >= 11 is 0. The molecule has 1 spiro atoms.